The molecule has 0 saturated heterocycles. The number of carbonyl (C=O) groups is 3. The van der Waals surface area contributed by atoms with Gasteiger partial charge in [0.15, 0.2) is 6.10 Å². The minimum absolute atomic E-state index is 0.0966. The van der Waals surface area contributed by atoms with Crippen molar-refractivity contribution >= 4 is 17.9 Å². The molecule has 6 heteroatoms. The van der Waals surface area contributed by atoms with Gasteiger partial charge in [-0.15, -0.1) is 0 Å². The minimum Gasteiger partial charge on any atom is -0.462 e. The topological polar surface area (TPSA) is 78.9 Å². The van der Waals surface area contributed by atoms with Crippen LogP contribution in [0.1, 0.15) is 188 Å². The summed E-state index contributed by atoms with van der Waals surface area (Å²) >= 11 is 0. The number of rotatable bonds is 48. The Morgan fingerprint density at radius 3 is 0.813 bits per heavy atom. The van der Waals surface area contributed by atoms with Crippen molar-refractivity contribution < 1.29 is 28.6 Å². The molecule has 0 spiro atoms. The van der Waals surface area contributed by atoms with Crippen LogP contribution in [0.5, 0.6) is 0 Å². The van der Waals surface area contributed by atoms with Crippen molar-refractivity contribution in [2.75, 3.05) is 13.2 Å². The summed E-state index contributed by atoms with van der Waals surface area (Å²) in [7, 11) is 0. The summed E-state index contributed by atoms with van der Waals surface area (Å²) in [4.78, 5) is 38.1. The van der Waals surface area contributed by atoms with E-state index >= 15 is 0 Å². The van der Waals surface area contributed by atoms with Crippen LogP contribution in [0, 0.1) is 0 Å². The summed E-state index contributed by atoms with van der Waals surface area (Å²) in [5.41, 5.74) is 0. The summed E-state index contributed by atoms with van der Waals surface area (Å²) in [6, 6.07) is 0. The highest BCUT2D eigenvalue weighted by atomic mass is 16.6. The molecule has 1 atom stereocenters. The van der Waals surface area contributed by atoms with Gasteiger partial charge in [-0.2, -0.15) is 0 Å². The van der Waals surface area contributed by atoms with Crippen LogP contribution in [0.15, 0.2) is 207 Å². The molecule has 0 fully saturated rings. The lowest BCUT2D eigenvalue weighted by Crippen LogP contribution is -2.30. The summed E-state index contributed by atoms with van der Waals surface area (Å²) in [6.07, 6.45) is 94.1. The Balaban J connectivity index is 4.70. The first-order chi connectivity index (χ1) is 37.0. The second kappa shape index (κ2) is 60.5. The normalized spacial score (nSPS) is 13.7. The van der Waals surface area contributed by atoms with Crippen LogP contribution < -0.4 is 0 Å². The molecule has 75 heavy (non-hydrogen) atoms. The van der Waals surface area contributed by atoms with Crippen LogP contribution >= 0.6 is 0 Å². The van der Waals surface area contributed by atoms with Crippen molar-refractivity contribution in [2.45, 2.75) is 194 Å². The molecular formula is C69H100O6. The lowest BCUT2D eigenvalue weighted by Gasteiger charge is -2.18. The van der Waals surface area contributed by atoms with Crippen molar-refractivity contribution in [3.05, 3.63) is 207 Å². The van der Waals surface area contributed by atoms with Gasteiger partial charge in [-0.05, 0) is 148 Å². The maximum Gasteiger partial charge on any atom is 0.309 e. The van der Waals surface area contributed by atoms with Crippen molar-refractivity contribution in [1.82, 2.24) is 0 Å². The fourth-order valence-electron chi connectivity index (χ4n) is 6.64. The molecule has 0 aromatic carbocycles. The van der Waals surface area contributed by atoms with Crippen molar-refractivity contribution in [3.8, 4) is 0 Å². The van der Waals surface area contributed by atoms with Gasteiger partial charge in [-0.3, -0.25) is 14.4 Å². The van der Waals surface area contributed by atoms with Crippen molar-refractivity contribution in [1.29, 1.82) is 0 Å². The van der Waals surface area contributed by atoms with Gasteiger partial charge in [0.2, 0.25) is 0 Å². The Morgan fingerprint density at radius 1 is 0.280 bits per heavy atom. The zero-order valence-corrected chi connectivity index (χ0v) is 47.0. The van der Waals surface area contributed by atoms with Crippen LogP contribution in [-0.4, -0.2) is 37.2 Å². The maximum absolute atomic E-state index is 12.9. The van der Waals surface area contributed by atoms with Gasteiger partial charge in [0, 0.05) is 12.8 Å². The standard InChI is InChI=1S/C69H100O6/c1-4-7-10-13-16-19-22-25-28-30-32-34-36-38-41-44-47-50-53-56-59-62-68(71)74-65-66(64-73-67(70)61-58-55-52-49-46-43-40-27-24-21-18-15-12-9-6-3)75-69(72)63-60-57-54-51-48-45-42-39-37-35-33-31-29-26-23-20-17-14-11-8-5-2/h7-12,16-21,25-29,32-35,38-42,46-51,55,58,66H,4-6,13-15,22-24,30-31,36-37,43-45,52-54,56-57,59-65H2,1-3H3/b10-7-,11-8-,12-9-,19-16-,20-17-,21-18-,28-25-,29-26-,34-32-,35-33-,40-27-,41-38-,42-39-,49-46-,50-47-,51-48-,58-55-. The summed E-state index contributed by atoms with van der Waals surface area (Å²) in [5, 5.41) is 0. The van der Waals surface area contributed by atoms with E-state index in [1.54, 1.807) is 6.08 Å². The quantitative estimate of drug-likeness (QED) is 0.0261. The third-order valence-corrected chi connectivity index (χ3v) is 10.8. The monoisotopic (exact) mass is 1020 g/mol. The first-order valence-corrected chi connectivity index (χ1v) is 28.6. The van der Waals surface area contributed by atoms with E-state index in [1.807, 2.05) is 6.08 Å². The highest BCUT2D eigenvalue weighted by Crippen LogP contribution is 2.09. The molecule has 0 rings (SSSR count). The molecule has 0 N–H and O–H groups in total. The van der Waals surface area contributed by atoms with Gasteiger partial charge in [-0.25, -0.2) is 0 Å². The predicted molar refractivity (Wildman–Crippen MR) is 324 cm³/mol. The molecule has 0 aromatic heterocycles. The zero-order valence-electron chi connectivity index (χ0n) is 47.0. The van der Waals surface area contributed by atoms with Gasteiger partial charge in [0.1, 0.15) is 13.2 Å². The van der Waals surface area contributed by atoms with E-state index in [4.69, 9.17) is 14.2 Å². The number of carbonyl (C=O) groups excluding carboxylic acids is 3. The van der Waals surface area contributed by atoms with E-state index in [2.05, 4.69) is 215 Å². The summed E-state index contributed by atoms with van der Waals surface area (Å²) in [5.74, 6) is -1.20. The average Bonchev–Trinajstić information content (AvgIpc) is 3.41. The van der Waals surface area contributed by atoms with Crippen LogP contribution in [0.3, 0.4) is 0 Å². The smallest absolute Gasteiger partial charge is 0.309 e. The number of esters is 3. The van der Waals surface area contributed by atoms with E-state index in [1.165, 1.54) is 0 Å². The lowest BCUT2D eigenvalue weighted by atomic mass is 10.1. The third kappa shape index (κ3) is 58.7. The van der Waals surface area contributed by atoms with E-state index in [0.29, 0.717) is 19.3 Å². The number of allylic oxidation sites excluding steroid dienone is 33. The second-order valence-corrected chi connectivity index (χ2v) is 17.7. The van der Waals surface area contributed by atoms with Crippen LogP contribution in [0.4, 0.5) is 0 Å². The first-order valence-electron chi connectivity index (χ1n) is 28.6. The molecular weight excluding hydrogens is 925 g/mol. The van der Waals surface area contributed by atoms with E-state index < -0.39 is 18.0 Å². The molecule has 0 aliphatic rings. The molecule has 0 bridgehead atoms. The molecule has 0 aliphatic carbocycles. The van der Waals surface area contributed by atoms with Crippen LogP contribution in [0.2, 0.25) is 0 Å². The number of unbranched alkanes of at least 4 members (excludes halogenated alkanes) is 4. The van der Waals surface area contributed by atoms with Gasteiger partial charge in [-0.1, -0.05) is 227 Å². The summed E-state index contributed by atoms with van der Waals surface area (Å²) < 4.78 is 16.7. The molecule has 0 aromatic rings. The largest absolute Gasteiger partial charge is 0.462 e. The maximum atomic E-state index is 12.9. The Kier molecular flexibility index (Phi) is 55.7. The molecule has 0 heterocycles. The van der Waals surface area contributed by atoms with Gasteiger partial charge in [0.05, 0.1) is 6.42 Å². The Labute approximate surface area is 458 Å². The van der Waals surface area contributed by atoms with Crippen LogP contribution in [0.25, 0.3) is 0 Å². The van der Waals surface area contributed by atoms with E-state index in [9.17, 15) is 14.4 Å². The average molecular weight is 1030 g/mol. The summed E-state index contributed by atoms with van der Waals surface area (Å²) in [6.45, 7) is 6.10. The second-order valence-electron chi connectivity index (χ2n) is 17.7. The molecule has 412 valence electrons. The lowest BCUT2D eigenvalue weighted by molar-refractivity contribution is -0.166. The fourth-order valence-corrected chi connectivity index (χ4v) is 6.64. The molecule has 0 saturated carbocycles. The zero-order chi connectivity index (χ0) is 54.3. The molecule has 0 amide bonds. The van der Waals surface area contributed by atoms with E-state index in [-0.39, 0.29) is 38.4 Å². The fraction of sp³-hybridized carbons (Fsp3) is 0.464. The van der Waals surface area contributed by atoms with Gasteiger partial charge >= 0.3 is 17.9 Å². The third-order valence-electron chi connectivity index (χ3n) is 10.8. The number of hydrogen-bond acceptors (Lipinski definition) is 6. The number of ether oxygens (including phenoxy) is 3. The molecule has 6 nitrogen and oxygen atoms in total. The molecule has 0 aliphatic heterocycles. The highest BCUT2D eigenvalue weighted by molar-refractivity contribution is 5.72. The van der Waals surface area contributed by atoms with Gasteiger partial charge < -0.3 is 14.2 Å². The predicted octanol–water partition coefficient (Wildman–Crippen LogP) is 19.6. The first kappa shape index (κ1) is 69.0. The van der Waals surface area contributed by atoms with Gasteiger partial charge in [0.25, 0.3) is 0 Å². The Bertz CT molecular complexity index is 1900. The SMILES string of the molecule is CC/C=C\C/C=C\C/C=C\C/C=C\C/C=C\C/C=C\CCCCC(=O)OCC(COC(=O)C/C=C\C/C=C\C/C=C\C/C=C\C/C=C\CC)OC(=O)CCCC/C=C\C/C=C\C/C=C\C/C=C\C/C=C\C/C=C\CC. The molecule has 0 radical (unpaired) electrons. The minimum atomic E-state index is -0.874. The van der Waals surface area contributed by atoms with Crippen molar-refractivity contribution in [3.63, 3.8) is 0 Å². The Morgan fingerprint density at radius 2 is 0.520 bits per heavy atom. The van der Waals surface area contributed by atoms with E-state index in [0.717, 1.165) is 128 Å². The highest BCUT2D eigenvalue weighted by Gasteiger charge is 2.19. The number of hydrogen-bond donors (Lipinski definition) is 0. The van der Waals surface area contributed by atoms with Crippen LogP contribution in [-0.2, 0) is 28.6 Å². The Hall–Kier alpha value is -6.01. The molecule has 1 unspecified atom stereocenters. The van der Waals surface area contributed by atoms with Crippen molar-refractivity contribution in [2.24, 2.45) is 0 Å².